The van der Waals surface area contributed by atoms with E-state index >= 15 is 0 Å². The normalized spacial score (nSPS) is 11.3. The van der Waals surface area contributed by atoms with Crippen LogP contribution in [0.15, 0.2) is 0 Å². The fourth-order valence-corrected chi connectivity index (χ4v) is 3.24. The molecule has 0 saturated carbocycles. The fraction of sp³-hybridized carbons (Fsp3) is 0.846. The van der Waals surface area contributed by atoms with Crippen LogP contribution in [0.1, 0.15) is 81.1 Å². The van der Waals surface area contributed by atoms with Crippen LogP contribution in [0.25, 0.3) is 0 Å². The lowest BCUT2D eigenvalue weighted by molar-refractivity contribution is 0.0208. The van der Waals surface area contributed by atoms with Crippen molar-refractivity contribution in [2.45, 2.75) is 92.3 Å². The molecule has 0 spiro atoms. The van der Waals surface area contributed by atoms with E-state index in [1.54, 1.807) is 9.80 Å². The highest BCUT2D eigenvalue weighted by Gasteiger charge is 2.23. The van der Waals surface area contributed by atoms with Gasteiger partial charge in [-0.3, -0.25) is 0 Å². The lowest BCUT2D eigenvalue weighted by atomic mass is 10.2. The Morgan fingerprint density at radius 1 is 0.553 bits per heavy atom. The molecule has 0 aromatic heterocycles. The van der Waals surface area contributed by atoms with Crippen molar-refractivity contribution in [2.75, 3.05) is 52.4 Å². The molecule has 0 aliphatic heterocycles. The number of nitrogens with one attached hydrogen (secondary N) is 4. The van der Waals surface area contributed by atoms with Crippen molar-refractivity contribution in [1.82, 2.24) is 31.1 Å². The SMILES string of the molecule is CCNC(=O)NCCCN(CCCCN(CCCNC(=O)NCC)C(=O)OC(C)(C)C)C(=O)OC(C)(C)C. The summed E-state index contributed by atoms with van der Waals surface area (Å²) >= 11 is 0. The number of urea groups is 2. The number of nitrogens with zero attached hydrogens (tertiary/aromatic N) is 2. The van der Waals surface area contributed by atoms with Crippen LogP contribution in [0.2, 0.25) is 0 Å². The van der Waals surface area contributed by atoms with Crippen molar-refractivity contribution in [3.63, 3.8) is 0 Å². The Morgan fingerprint density at radius 3 is 1.16 bits per heavy atom. The van der Waals surface area contributed by atoms with Gasteiger partial charge in [-0.05, 0) is 81.1 Å². The minimum atomic E-state index is -0.621. The summed E-state index contributed by atoms with van der Waals surface area (Å²) in [5.74, 6) is 0. The van der Waals surface area contributed by atoms with Gasteiger partial charge in [-0.2, -0.15) is 0 Å². The molecular weight excluding hydrogens is 492 g/mol. The number of carbonyl (C=O) groups is 4. The summed E-state index contributed by atoms with van der Waals surface area (Å²) in [6.07, 6.45) is 1.66. The zero-order chi connectivity index (χ0) is 29.2. The van der Waals surface area contributed by atoms with Gasteiger partial charge in [-0.15, -0.1) is 0 Å². The van der Waals surface area contributed by atoms with Gasteiger partial charge in [0.25, 0.3) is 0 Å². The summed E-state index contributed by atoms with van der Waals surface area (Å²) in [5, 5.41) is 10.9. The molecule has 0 aromatic rings. The zero-order valence-electron chi connectivity index (χ0n) is 24.8. The largest absolute Gasteiger partial charge is 0.444 e. The maximum absolute atomic E-state index is 12.7. The van der Waals surface area contributed by atoms with Gasteiger partial charge in [0.1, 0.15) is 11.2 Å². The number of hydrogen-bond acceptors (Lipinski definition) is 6. The fourth-order valence-electron chi connectivity index (χ4n) is 3.24. The van der Waals surface area contributed by atoms with Crippen molar-refractivity contribution >= 4 is 24.2 Å². The van der Waals surface area contributed by atoms with E-state index in [2.05, 4.69) is 21.3 Å². The molecule has 0 aliphatic carbocycles. The van der Waals surface area contributed by atoms with Crippen LogP contribution >= 0.6 is 0 Å². The molecule has 0 fully saturated rings. The van der Waals surface area contributed by atoms with Crippen LogP contribution in [0, 0.1) is 0 Å². The molecule has 4 N–H and O–H groups in total. The van der Waals surface area contributed by atoms with Gasteiger partial charge < -0.3 is 40.5 Å². The van der Waals surface area contributed by atoms with E-state index in [0.29, 0.717) is 78.0 Å². The van der Waals surface area contributed by atoms with Crippen molar-refractivity contribution in [3.05, 3.63) is 0 Å². The van der Waals surface area contributed by atoms with Gasteiger partial charge in [0.15, 0.2) is 0 Å². The summed E-state index contributed by atoms with van der Waals surface area (Å²) in [7, 11) is 0. The van der Waals surface area contributed by atoms with Crippen LogP contribution in [0.3, 0.4) is 0 Å². The molecule has 0 rings (SSSR count). The predicted molar refractivity (Wildman–Crippen MR) is 148 cm³/mol. The molecule has 0 saturated heterocycles. The molecule has 6 amide bonds. The number of amides is 6. The Kier molecular flexibility index (Phi) is 16.9. The van der Waals surface area contributed by atoms with E-state index in [9.17, 15) is 19.2 Å². The molecule has 0 radical (unpaired) electrons. The first-order valence-corrected chi connectivity index (χ1v) is 13.7. The van der Waals surface area contributed by atoms with Crippen LogP contribution in [0.5, 0.6) is 0 Å². The molecule has 0 unspecified atom stereocenters. The number of hydrogen-bond donors (Lipinski definition) is 4. The van der Waals surface area contributed by atoms with E-state index in [1.165, 1.54) is 0 Å². The zero-order valence-corrected chi connectivity index (χ0v) is 24.8. The van der Waals surface area contributed by atoms with Gasteiger partial charge in [-0.25, -0.2) is 19.2 Å². The van der Waals surface area contributed by atoms with Crippen LogP contribution in [-0.2, 0) is 9.47 Å². The summed E-state index contributed by atoms with van der Waals surface area (Å²) in [6, 6.07) is -0.473. The Labute approximate surface area is 228 Å². The summed E-state index contributed by atoms with van der Waals surface area (Å²) in [6.45, 7) is 18.3. The lowest BCUT2D eigenvalue weighted by Crippen LogP contribution is -2.41. The van der Waals surface area contributed by atoms with Crippen molar-refractivity contribution < 1.29 is 28.7 Å². The lowest BCUT2D eigenvalue weighted by Gasteiger charge is -2.29. The summed E-state index contributed by atoms with van der Waals surface area (Å²) in [5.41, 5.74) is -1.24. The molecule has 12 heteroatoms. The minimum absolute atomic E-state index is 0.236. The molecule has 0 atom stereocenters. The molecule has 0 aromatic carbocycles. The van der Waals surface area contributed by atoms with Gasteiger partial charge in [0, 0.05) is 52.4 Å². The van der Waals surface area contributed by atoms with E-state index in [0.717, 1.165) is 0 Å². The highest BCUT2D eigenvalue weighted by atomic mass is 16.6. The molecule has 0 heterocycles. The second kappa shape index (κ2) is 18.4. The van der Waals surface area contributed by atoms with Crippen molar-refractivity contribution in [3.8, 4) is 0 Å². The van der Waals surface area contributed by atoms with E-state index in [-0.39, 0.29) is 12.1 Å². The van der Waals surface area contributed by atoms with Gasteiger partial charge in [0.2, 0.25) is 0 Å². The van der Waals surface area contributed by atoms with Gasteiger partial charge in [-0.1, -0.05) is 0 Å². The van der Waals surface area contributed by atoms with Crippen molar-refractivity contribution in [1.29, 1.82) is 0 Å². The van der Waals surface area contributed by atoms with E-state index < -0.39 is 23.4 Å². The van der Waals surface area contributed by atoms with Crippen LogP contribution < -0.4 is 21.3 Å². The minimum Gasteiger partial charge on any atom is -0.444 e. The number of unbranched alkanes of at least 4 members (excludes halogenated alkanes) is 1. The Balaban J connectivity index is 4.91. The maximum Gasteiger partial charge on any atom is 0.410 e. The van der Waals surface area contributed by atoms with Gasteiger partial charge >= 0.3 is 24.2 Å². The topological polar surface area (TPSA) is 141 Å². The standard InChI is InChI=1S/C26H52N6O6/c1-9-27-21(33)29-15-13-19-31(23(35)37-25(3,4)5)17-11-12-18-32(24(36)38-26(6,7)8)20-14-16-30-22(34)28-10-2/h9-20H2,1-8H3,(H2,27,29,33)(H2,28,30,34). The average Bonchev–Trinajstić information content (AvgIpc) is 2.77. The maximum atomic E-state index is 12.7. The Morgan fingerprint density at radius 2 is 0.868 bits per heavy atom. The molecule has 0 aliphatic rings. The third-order valence-corrected chi connectivity index (χ3v) is 4.86. The highest BCUT2D eigenvalue weighted by Crippen LogP contribution is 2.13. The molecule has 0 bridgehead atoms. The first kappa shape index (κ1) is 35.1. The second-order valence-corrected chi connectivity index (χ2v) is 10.9. The predicted octanol–water partition coefficient (Wildman–Crippen LogP) is 3.66. The third kappa shape index (κ3) is 19.2. The number of ether oxygens (including phenoxy) is 2. The van der Waals surface area contributed by atoms with Crippen molar-refractivity contribution in [2.24, 2.45) is 0 Å². The summed E-state index contributed by atoms with van der Waals surface area (Å²) < 4.78 is 11.1. The van der Waals surface area contributed by atoms with E-state index in [4.69, 9.17) is 9.47 Å². The average molecular weight is 545 g/mol. The molecule has 222 valence electrons. The van der Waals surface area contributed by atoms with Gasteiger partial charge in [0.05, 0.1) is 0 Å². The Hall–Kier alpha value is -2.92. The molecule has 38 heavy (non-hydrogen) atoms. The quantitative estimate of drug-likeness (QED) is 0.232. The second-order valence-electron chi connectivity index (χ2n) is 10.9. The van der Waals surface area contributed by atoms with E-state index in [1.807, 2.05) is 55.4 Å². The summed E-state index contributed by atoms with van der Waals surface area (Å²) in [4.78, 5) is 51.9. The number of carbonyl (C=O) groups excluding carboxylic acids is 4. The monoisotopic (exact) mass is 544 g/mol. The first-order valence-electron chi connectivity index (χ1n) is 13.7. The van der Waals surface area contributed by atoms with Crippen LogP contribution in [0.4, 0.5) is 19.2 Å². The number of rotatable bonds is 15. The molecular formula is C26H52N6O6. The molecule has 12 nitrogen and oxygen atoms in total. The van der Waals surface area contributed by atoms with Crippen LogP contribution in [-0.4, -0.2) is 97.6 Å². The first-order chi connectivity index (χ1) is 17.7. The Bertz CT molecular complexity index is 660. The highest BCUT2D eigenvalue weighted by molar-refractivity contribution is 5.74. The third-order valence-electron chi connectivity index (χ3n) is 4.86. The smallest absolute Gasteiger partial charge is 0.410 e.